The molecule has 0 radical (unpaired) electrons. The molecule has 1 saturated heterocycles. The monoisotopic (exact) mass is 305 g/mol. The van der Waals surface area contributed by atoms with E-state index in [9.17, 15) is 9.59 Å². The molecule has 6 heteroatoms. The van der Waals surface area contributed by atoms with E-state index in [-0.39, 0.29) is 5.25 Å². The van der Waals surface area contributed by atoms with E-state index in [4.69, 9.17) is 9.57 Å². The minimum atomic E-state index is -0.551. The first kappa shape index (κ1) is 14.2. The predicted octanol–water partition coefficient (Wildman–Crippen LogP) is 2.14. The molecule has 1 aromatic carbocycles. The number of hydroxylamine groups is 2. The lowest BCUT2D eigenvalue weighted by Gasteiger charge is -2.38. The summed E-state index contributed by atoms with van der Waals surface area (Å²) in [6, 6.07) is 9.92. The van der Waals surface area contributed by atoms with Gasteiger partial charge in [-0.05, 0) is 25.0 Å². The number of nitrogens with zero attached hydrogens (tertiary/aromatic N) is 1. The molecule has 0 aliphatic carbocycles. The summed E-state index contributed by atoms with van der Waals surface area (Å²) in [5.74, 6) is -1.05. The van der Waals surface area contributed by atoms with Gasteiger partial charge in [-0.25, -0.2) is 9.59 Å². The standard InChI is InChI=1S/C15H15NO4S/c17-13-8-9-14(18)20-16-10-4-7-12(15(16)19-13)21-11-5-2-1-3-6-11/h1-3,5-6,8-9,12,15H,4,7,10H2/b9-8-. The highest BCUT2D eigenvalue weighted by Crippen LogP contribution is 2.34. The van der Waals surface area contributed by atoms with E-state index < -0.39 is 18.2 Å². The normalized spacial score (nSPS) is 27.8. The highest BCUT2D eigenvalue weighted by atomic mass is 32.2. The Morgan fingerprint density at radius 2 is 1.86 bits per heavy atom. The molecule has 1 aromatic rings. The Labute approximate surface area is 126 Å². The lowest BCUT2D eigenvalue weighted by Crippen LogP contribution is -2.50. The molecule has 0 amide bonds. The van der Waals surface area contributed by atoms with Gasteiger partial charge in [0.15, 0.2) is 6.23 Å². The summed E-state index contributed by atoms with van der Waals surface area (Å²) < 4.78 is 5.43. The van der Waals surface area contributed by atoms with Gasteiger partial charge in [0.1, 0.15) is 0 Å². The number of carbonyl (C=O) groups is 2. The van der Waals surface area contributed by atoms with Crippen LogP contribution in [0, 0.1) is 0 Å². The van der Waals surface area contributed by atoms with Crippen molar-refractivity contribution in [2.45, 2.75) is 29.2 Å². The van der Waals surface area contributed by atoms with Crippen molar-refractivity contribution in [3.05, 3.63) is 42.5 Å². The smallest absolute Gasteiger partial charge is 0.350 e. The van der Waals surface area contributed by atoms with Gasteiger partial charge in [-0.1, -0.05) is 23.3 Å². The van der Waals surface area contributed by atoms with Gasteiger partial charge >= 0.3 is 11.9 Å². The lowest BCUT2D eigenvalue weighted by atomic mass is 10.1. The molecule has 0 saturated carbocycles. The first-order chi connectivity index (χ1) is 10.2. The van der Waals surface area contributed by atoms with Crippen LogP contribution in [0.25, 0.3) is 0 Å². The predicted molar refractivity (Wildman–Crippen MR) is 77.1 cm³/mol. The van der Waals surface area contributed by atoms with Gasteiger partial charge in [0.05, 0.1) is 5.25 Å². The minimum absolute atomic E-state index is 0.0319. The van der Waals surface area contributed by atoms with Crippen LogP contribution in [-0.2, 0) is 19.2 Å². The van der Waals surface area contributed by atoms with E-state index >= 15 is 0 Å². The maximum atomic E-state index is 11.7. The molecule has 2 atom stereocenters. The Morgan fingerprint density at radius 3 is 2.67 bits per heavy atom. The topological polar surface area (TPSA) is 55.8 Å². The quantitative estimate of drug-likeness (QED) is 0.780. The number of piperidine rings is 1. The van der Waals surface area contributed by atoms with Crippen molar-refractivity contribution in [3.8, 4) is 0 Å². The summed E-state index contributed by atoms with van der Waals surface area (Å²) in [4.78, 5) is 29.5. The second-order valence-electron chi connectivity index (χ2n) is 4.82. The van der Waals surface area contributed by atoms with E-state index in [0.29, 0.717) is 6.54 Å². The number of benzene rings is 1. The van der Waals surface area contributed by atoms with Gasteiger partial charge in [-0.3, -0.25) is 0 Å². The van der Waals surface area contributed by atoms with Crippen molar-refractivity contribution in [2.24, 2.45) is 0 Å². The summed E-state index contributed by atoms with van der Waals surface area (Å²) in [6.45, 7) is 0.573. The molecule has 1 fully saturated rings. The van der Waals surface area contributed by atoms with Crippen LogP contribution in [0.5, 0.6) is 0 Å². The number of hydrogen-bond acceptors (Lipinski definition) is 6. The van der Waals surface area contributed by atoms with Crippen molar-refractivity contribution in [3.63, 3.8) is 0 Å². The number of fused-ring (bicyclic) bond motifs is 1. The molecule has 2 aliphatic heterocycles. The third-order valence-corrected chi connectivity index (χ3v) is 4.61. The third-order valence-electron chi connectivity index (χ3n) is 3.30. The molecule has 0 N–H and O–H groups in total. The van der Waals surface area contributed by atoms with Crippen LogP contribution in [-0.4, -0.2) is 35.0 Å². The summed E-state index contributed by atoms with van der Waals surface area (Å²) in [5, 5.41) is 1.51. The van der Waals surface area contributed by atoms with E-state index in [1.165, 1.54) is 5.06 Å². The molecular weight excluding hydrogens is 290 g/mol. The third kappa shape index (κ3) is 3.46. The van der Waals surface area contributed by atoms with Crippen molar-refractivity contribution in [1.29, 1.82) is 0 Å². The van der Waals surface area contributed by atoms with E-state index in [1.54, 1.807) is 11.8 Å². The number of carbonyl (C=O) groups excluding carboxylic acids is 2. The molecule has 21 heavy (non-hydrogen) atoms. The van der Waals surface area contributed by atoms with Gasteiger partial charge in [0.25, 0.3) is 0 Å². The van der Waals surface area contributed by atoms with Crippen LogP contribution in [0.1, 0.15) is 12.8 Å². The first-order valence-corrected chi connectivity index (χ1v) is 7.69. The minimum Gasteiger partial charge on any atom is -0.439 e. The van der Waals surface area contributed by atoms with Crippen LogP contribution in [0.4, 0.5) is 0 Å². The Kier molecular flexibility index (Phi) is 4.26. The van der Waals surface area contributed by atoms with E-state index in [2.05, 4.69) is 0 Å². The van der Waals surface area contributed by atoms with Crippen LogP contribution in [0.2, 0.25) is 0 Å². The SMILES string of the molecule is O=C1/C=C\C(=O)ON2CCCC(Sc3ccccc3)C2O1. The number of ether oxygens (including phenoxy) is 1. The molecular formula is C15H15NO4S. The maximum absolute atomic E-state index is 11.7. The second-order valence-corrected chi connectivity index (χ2v) is 6.14. The fourth-order valence-corrected chi connectivity index (χ4v) is 3.62. The zero-order valence-corrected chi connectivity index (χ0v) is 12.1. The Bertz CT molecular complexity index is 560. The molecule has 0 spiro atoms. The summed E-state index contributed by atoms with van der Waals surface area (Å²) in [7, 11) is 0. The molecule has 3 rings (SSSR count). The molecule has 2 heterocycles. The van der Waals surface area contributed by atoms with Crippen LogP contribution in [0.3, 0.4) is 0 Å². The average Bonchev–Trinajstić information content (AvgIpc) is 2.48. The van der Waals surface area contributed by atoms with Crippen molar-refractivity contribution in [2.75, 3.05) is 6.54 Å². The summed E-state index contributed by atoms with van der Waals surface area (Å²) >= 11 is 1.64. The summed E-state index contributed by atoms with van der Waals surface area (Å²) in [5.41, 5.74) is 0. The fourth-order valence-electron chi connectivity index (χ4n) is 2.37. The van der Waals surface area contributed by atoms with E-state index in [0.717, 1.165) is 29.9 Å². The lowest BCUT2D eigenvalue weighted by molar-refractivity contribution is -0.245. The Morgan fingerprint density at radius 1 is 1.10 bits per heavy atom. The molecule has 0 bridgehead atoms. The molecule has 110 valence electrons. The zero-order chi connectivity index (χ0) is 14.7. The first-order valence-electron chi connectivity index (χ1n) is 6.81. The van der Waals surface area contributed by atoms with E-state index in [1.807, 2.05) is 30.3 Å². The molecule has 2 unspecified atom stereocenters. The zero-order valence-electron chi connectivity index (χ0n) is 11.3. The number of esters is 1. The highest BCUT2D eigenvalue weighted by Gasteiger charge is 2.38. The van der Waals surface area contributed by atoms with Gasteiger partial charge in [-0.2, -0.15) is 0 Å². The number of rotatable bonds is 2. The Balaban J connectivity index is 1.79. The van der Waals surface area contributed by atoms with Crippen molar-refractivity contribution < 1.29 is 19.2 Å². The highest BCUT2D eigenvalue weighted by molar-refractivity contribution is 8.00. The Hall–Kier alpha value is -1.79. The van der Waals surface area contributed by atoms with Gasteiger partial charge in [0.2, 0.25) is 0 Å². The van der Waals surface area contributed by atoms with Gasteiger partial charge in [0, 0.05) is 23.6 Å². The number of hydrogen-bond donors (Lipinski definition) is 0. The largest absolute Gasteiger partial charge is 0.439 e. The van der Waals surface area contributed by atoms with Gasteiger partial charge in [-0.15, -0.1) is 11.8 Å². The van der Waals surface area contributed by atoms with Crippen LogP contribution >= 0.6 is 11.8 Å². The second kappa shape index (κ2) is 6.32. The van der Waals surface area contributed by atoms with Crippen molar-refractivity contribution >= 4 is 23.7 Å². The van der Waals surface area contributed by atoms with Gasteiger partial charge < -0.3 is 9.57 Å². The van der Waals surface area contributed by atoms with Crippen LogP contribution in [0.15, 0.2) is 47.4 Å². The average molecular weight is 305 g/mol. The maximum Gasteiger partial charge on any atom is 0.350 e. The summed E-state index contributed by atoms with van der Waals surface area (Å²) in [6.07, 6.45) is 3.43. The van der Waals surface area contributed by atoms with Crippen LogP contribution < -0.4 is 0 Å². The number of thioether (sulfide) groups is 1. The fraction of sp³-hybridized carbons (Fsp3) is 0.333. The molecule has 5 nitrogen and oxygen atoms in total. The van der Waals surface area contributed by atoms with Crippen molar-refractivity contribution in [1.82, 2.24) is 5.06 Å². The molecule has 2 aliphatic rings. The molecule has 0 aromatic heterocycles.